The highest BCUT2D eigenvalue weighted by Gasteiger charge is 2.11. The maximum Gasteiger partial charge on any atom is 0.208 e. The number of hydrogen-bond acceptors (Lipinski definition) is 6. The molecule has 1 N–H and O–H groups in total. The van der Waals surface area contributed by atoms with Crippen LogP contribution in [0.5, 0.6) is 5.75 Å². The van der Waals surface area contributed by atoms with E-state index in [1.165, 1.54) is 16.6 Å². The van der Waals surface area contributed by atoms with E-state index in [-0.39, 0.29) is 5.78 Å². The second-order valence-corrected chi connectivity index (χ2v) is 6.74. The van der Waals surface area contributed by atoms with E-state index in [0.717, 1.165) is 12.2 Å². The fraction of sp³-hybridized carbons (Fsp3) is 0.188. The van der Waals surface area contributed by atoms with E-state index < -0.39 is 0 Å². The molecule has 0 unspecified atom stereocenters. The molecule has 2 aromatic heterocycles. The third-order valence-corrected chi connectivity index (χ3v) is 4.88. The van der Waals surface area contributed by atoms with Gasteiger partial charge in [0.1, 0.15) is 11.6 Å². The Hall–Kier alpha value is -2.12. The molecule has 1 aromatic carbocycles. The average Bonchev–Trinajstić information content (AvgIpc) is 3.25. The van der Waals surface area contributed by atoms with Crippen molar-refractivity contribution in [2.24, 2.45) is 0 Å². The predicted molar refractivity (Wildman–Crippen MR) is 91.6 cm³/mol. The molecule has 0 aliphatic heterocycles. The molecule has 0 saturated carbocycles. The topological polar surface area (TPSA) is 67.9 Å². The van der Waals surface area contributed by atoms with E-state index in [2.05, 4.69) is 21.2 Å². The third-order valence-electron chi connectivity index (χ3n) is 3.16. The number of ketones is 1. The van der Waals surface area contributed by atoms with Crippen LogP contribution < -0.4 is 4.74 Å². The summed E-state index contributed by atoms with van der Waals surface area (Å²) in [5.41, 5.74) is 0.631. The van der Waals surface area contributed by atoms with Crippen LogP contribution in [-0.2, 0) is 6.42 Å². The second-order valence-electron chi connectivity index (χ2n) is 4.76. The number of carbonyl (C=O) groups is 1. The van der Waals surface area contributed by atoms with Crippen molar-refractivity contribution in [1.29, 1.82) is 0 Å². The minimum absolute atomic E-state index is 0.0264. The summed E-state index contributed by atoms with van der Waals surface area (Å²) >= 11 is 3.02. The Kier molecular flexibility index (Phi) is 5.09. The van der Waals surface area contributed by atoms with Crippen molar-refractivity contribution in [1.82, 2.24) is 15.2 Å². The van der Waals surface area contributed by atoms with Crippen LogP contribution in [0.15, 0.2) is 46.9 Å². The van der Waals surface area contributed by atoms with Gasteiger partial charge >= 0.3 is 0 Å². The summed E-state index contributed by atoms with van der Waals surface area (Å²) in [6.07, 6.45) is 0.731. The first kappa shape index (κ1) is 15.8. The van der Waals surface area contributed by atoms with Gasteiger partial charge in [-0.1, -0.05) is 30.0 Å². The maximum atomic E-state index is 12.2. The van der Waals surface area contributed by atoms with Gasteiger partial charge in [0.15, 0.2) is 5.78 Å². The lowest BCUT2D eigenvalue weighted by Gasteiger charge is -2.02. The number of aromatic amines is 1. The van der Waals surface area contributed by atoms with Crippen molar-refractivity contribution in [3.05, 3.63) is 58.0 Å². The van der Waals surface area contributed by atoms with Crippen molar-refractivity contribution in [3.63, 3.8) is 0 Å². The van der Waals surface area contributed by atoms with Gasteiger partial charge in [-0.25, -0.2) is 4.98 Å². The van der Waals surface area contributed by atoms with Gasteiger partial charge in [0.05, 0.1) is 12.9 Å². The number of nitrogens with zero attached hydrogens (tertiary/aromatic N) is 2. The second kappa shape index (κ2) is 7.43. The van der Waals surface area contributed by atoms with E-state index in [9.17, 15) is 4.79 Å². The van der Waals surface area contributed by atoms with Crippen molar-refractivity contribution >= 4 is 28.9 Å². The number of thiophene rings is 1. The van der Waals surface area contributed by atoms with Crippen molar-refractivity contribution < 1.29 is 9.53 Å². The SMILES string of the molecule is COc1cccc(C(=O)CSc2n[nH]c(Cc3cccs3)n2)c1. The van der Waals surface area contributed by atoms with Crippen molar-refractivity contribution in [2.45, 2.75) is 11.6 Å². The molecule has 0 saturated heterocycles. The highest BCUT2D eigenvalue weighted by molar-refractivity contribution is 7.99. The molecular weight excluding hydrogens is 330 g/mol. The van der Waals surface area contributed by atoms with Gasteiger partial charge in [-0.3, -0.25) is 9.89 Å². The minimum Gasteiger partial charge on any atom is -0.497 e. The summed E-state index contributed by atoms with van der Waals surface area (Å²) in [7, 11) is 1.58. The molecule has 0 radical (unpaired) electrons. The van der Waals surface area contributed by atoms with Crippen molar-refractivity contribution in [2.75, 3.05) is 12.9 Å². The Morgan fingerprint density at radius 3 is 3.04 bits per heavy atom. The molecule has 0 spiro atoms. The number of thioether (sulfide) groups is 1. The van der Waals surface area contributed by atoms with Gasteiger partial charge in [-0.05, 0) is 23.6 Å². The predicted octanol–water partition coefficient (Wildman–Crippen LogP) is 3.44. The zero-order valence-corrected chi connectivity index (χ0v) is 14.1. The lowest BCUT2D eigenvalue weighted by Crippen LogP contribution is -2.02. The van der Waals surface area contributed by atoms with Crippen LogP contribution in [0.1, 0.15) is 21.1 Å². The molecule has 118 valence electrons. The molecule has 7 heteroatoms. The zero-order chi connectivity index (χ0) is 16.1. The van der Waals surface area contributed by atoms with Gasteiger partial charge in [0.25, 0.3) is 0 Å². The van der Waals surface area contributed by atoms with E-state index in [1.54, 1.807) is 30.6 Å². The normalized spacial score (nSPS) is 10.7. The van der Waals surface area contributed by atoms with Gasteiger partial charge in [-0.2, -0.15) is 0 Å². The number of carbonyl (C=O) groups excluding carboxylic acids is 1. The van der Waals surface area contributed by atoms with Crippen LogP contribution >= 0.6 is 23.1 Å². The highest BCUT2D eigenvalue weighted by atomic mass is 32.2. The van der Waals surface area contributed by atoms with Crippen LogP contribution in [0, 0.1) is 0 Å². The highest BCUT2D eigenvalue weighted by Crippen LogP contribution is 2.19. The summed E-state index contributed by atoms with van der Waals surface area (Å²) in [5.74, 6) is 1.81. The first-order valence-corrected chi connectivity index (χ1v) is 8.85. The minimum atomic E-state index is 0.0264. The molecule has 3 rings (SSSR count). The number of methoxy groups -OCH3 is 1. The molecule has 2 heterocycles. The number of hydrogen-bond donors (Lipinski definition) is 1. The molecule has 0 amide bonds. The number of Topliss-reactive ketones (excluding diaryl/α,β-unsaturated/α-hetero) is 1. The van der Waals surface area contributed by atoms with Gasteiger partial charge in [0.2, 0.25) is 5.16 Å². The third kappa shape index (κ3) is 4.20. The number of H-pyrrole nitrogens is 1. The summed E-state index contributed by atoms with van der Waals surface area (Å²) < 4.78 is 5.13. The summed E-state index contributed by atoms with van der Waals surface area (Å²) in [4.78, 5) is 17.8. The molecular formula is C16H15N3O2S2. The molecule has 23 heavy (non-hydrogen) atoms. The Labute approximate surface area is 142 Å². The molecule has 0 aliphatic rings. The Bertz CT molecular complexity index is 784. The summed E-state index contributed by atoms with van der Waals surface area (Å²) in [5, 5.41) is 9.70. The number of rotatable bonds is 7. The standard InChI is InChI=1S/C16H15N3O2S2/c1-21-12-5-2-4-11(8-12)14(20)10-23-16-17-15(18-19-16)9-13-6-3-7-22-13/h2-8H,9-10H2,1H3,(H,17,18,19). The fourth-order valence-electron chi connectivity index (χ4n) is 2.01. The van der Waals surface area contributed by atoms with E-state index in [1.807, 2.05) is 23.6 Å². The number of aromatic nitrogens is 3. The van der Waals surface area contributed by atoms with Gasteiger partial charge in [0, 0.05) is 16.9 Å². The van der Waals surface area contributed by atoms with Gasteiger partial charge in [-0.15, -0.1) is 16.4 Å². The first-order valence-electron chi connectivity index (χ1n) is 6.98. The fourth-order valence-corrected chi connectivity index (χ4v) is 3.43. The Morgan fingerprint density at radius 2 is 2.26 bits per heavy atom. The molecule has 0 aliphatic carbocycles. The smallest absolute Gasteiger partial charge is 0.208 e. The Balaban J connectivity index is 1.57. The monoisotopic (exact) mass is 345 g/mol. The van der Waals surface area contributed by atoms with E-state index >= 15 is 0 Å². The lowest BCUT2D eigenvalue weighted by atomic mass is 10.1. The molecule has 0 fully saturated rings. The van der Waals surface area contributed by atoms with Crippen LogP contribution in [0.3, 0.4) is 0 Å². The largest absolute Gasteiger partial charge is 0.497 e. The zero-order valence-electron chi connectivity index (χ0n) is 12.5. The number of ether oxygens (including phenoxy) is 1. The lowest BCUT2D eigenvalue weighted by molar-refractivity contribution is 0.102. The first-order chi connectivity index (χ1) is 11.2. The maximum absolute atomic E-state index is 12.2. The van der Waals surface area contributed by atoms with E-state index in [0.29, 0.717) is 22.2 Å². The number of benzene rings is 1. The molecule has 3 aromatic rings. The number of nitrogens with one attached hydrogen (secondary N) is 1. The van der Waals surface area contributed by atoms with Crippen LogP contribution in [0.2, 0.25) is 0 Å². The van der Waals surface area contributed by atoms with Crippen LogP contribution in [-0.4, -0.2) is 33.8 Å². The summed E-state index contributed by atoms with van der Waals surface area (Å²) in [6.45, 7) is 0. The molecule has 5 nitrogen and oxygen atoms in total. The Morgan fingerprint density at radius 1 is 1.35 bits per heavy atom. The van der Waals surface area contributed by atoms with Crippen LogP contribution in [0.4, 0.5) is 0 Å². The van der Waals surface area contributed by atoms with Gasteiger partial charge < -0.3 is 4.74 Å². The van der Waals surface area contributed by atoms with Crippen LogP contribution in [0.25, 0.3) is 0 Å². The van der Waals surface area contributed by atoms with E-state index in [4.69, 9.17) is 4.74 Å². The quantitative estimate of drug-likeness (QED) is 0.525. The molecule has 0 bridgehead atoms. The summed E-state index contributed by atoms with van der Waals surface area (Å²) in [6, 6.07) is 11.2. The van der Waals surface area contributed by atoms with Crippen molar-refractivity contribution in [3.8, 4) is 5.75 Å². The molecule has 0 atom stereocenters. The average molecular weight is 345 g/mol.